The van der Waals surface area contributed by atoms with Gasteiger partial charge in [0.05, 0.1) is 29.4 Å². The van der Waals surface area contributed by atoms with Crippen molar-refractivity contribution >= 4 is 37.8 Å². The third-order valence-electron chi connectivity index (χ3n) is 3.11. The fraction of sp³-hybridized carbons (Fsp3) is 0.312. The molecule has 0 amide bonds. The van der Waals surface area contributed by atoms with E-state index < -0.39 is 5.97 Å². The van der Waals surface area contributed by atoms with Gasteiger partial charge in [-0.1, -0.05) is 6.07 Å². The highest BCUT2D eigenvalue weighted by Crippen LogP contribution is 2.41. The zero-order chi connectivity index (χ0) is 17.1. The van der Waals surface area contributed by atoms with Crippen LogP contribution in [0.15, 0.2) is 27.3 Å². The molecule has 1 aromatic heterocycles. The van der Waals surface area contributed by atoms with E-state index in [1.54, 1.807) is 28.1 Å². The predicted molar refractivity (Wildman–Crippen MR) is 95.3 cm³/mol. The molecule has 2 rings (SSSR count). The molecule has 5 nitrogen and oxygen atoms in total. The minimum atomic E-state index is -0.417. The summed E-state index contributed by atoms with van der Waals surface area (Å²) in [6, 6.07) is 5.54. The number of halogens is 2. The second kappa shape index (κ2) is 7.40. The largest absolute Gasteiger partial charge is 0.493 e. The Labute approximate surface area is 151 Å². The van der Waals surface area contributed by atoms with Crippen LogP contribution in [0.5, 0.6) is 11.5 Å². The topological polar surface area (TPSA) is 60.6 Å². The summed E-state index contributed by atoms with van der Waals surface area (Å²) in [6.45, 7) is 3.61. The molecule has 0 aliphatic rings. The fourth-order valence-electron chi connectivity index (χ4n) is 2.11. The van der Waals surface area contributed by atoms with Crippen LogP contribution >= 0.6 is 31.9 Å². The maximum Gasteiger partial charge on any atom is 0.356 e. The van der Waals surface area contributed by atoms with E-state index in [-0.39, 0.29) is 6.10 Å². The molecule has 0 saturated carbocycles. The van der Waals surface area contributed by atoms with Crippen molar-refractivity contribution in [2.24, 2.45) is 0 Å². The smallest absolute Gasteiger partial charge is 0.356 e. The molecular formula is C16H17Br2NO4. The van der Waals surface area contributed by atoms with E-state index in [1.807, 2.05) is 18.2 Å². The van der Waals surface area contributed by atoms with E-state index in [4.69, 9.17) is 14.2 Å². The molecule has 0 fully saturated rings. The van der Waals surface area contributed by atoms with Gasteiger partial charge < -0.3 is 19.2 Å². The number of hydrogen-bond donors (Lipinski definition) is 1. The van der Waals surface area contributed by atoms with E-state index >= 15 is 0 Å². The summed E-state index contributed by atoms with van der Waals surface area (Å²) in [6.07, 6.45) is -0.194. The Morgan fingerprint density at radius 2 is 1.78 bits per heavy atom. The van der Waals surface area contributed by atoms with Crippen LogP contribution in [0.25, 0.3) is 11.1 Å². The molecule has 124 valence electrons. The first-order valence-corrected chi connectivity index (χ1v) is 8.48. The number of methoxy groups -OCH3 is 2. The van der Waals surface area contributed by atoms with Gasteiger partial charge >= 0.3 is 5.97 Å². The molecule has 1 N–H and O–H groups in total. The molecule has 0 unspecified atom stereocenters. The van der Waals surface area contributed by atoms with Crippen LogP contribution in [0.4, 0.5) is 0 Å². The van der Waals surface area contributed by atoms with Crippen LogP contribution in [0, 0.1) is 0 Å². The lowest BCUT2D eigenvalue weighted by Gasteiger charge is -2.10. The van der Waals surface area contributed by atoms with Crippen LogP contribution in [-0.4, -0.2) is 31.3 Å². The first-order valence-electron chi connectivity index (χ1n) is 6.89. The van der Waals surface area contributed by atoms with Crippen molar-refractivity contribution in [1.82, 2.24) is 4.98 Å². The Morgan fingerprint density at radius 1 is 1.13 bits per heavy atom. The third kappa shape index (κ3) is 3.72. The first kappa shape index (κ1) is 17.9. The van der Waals surface area contributed by atoms with Crippen molar-refractivity contribution in [3.8, 4) is 22.6 Å². The highest BCUT2D eigenvalue weighted by Gasteiger charge is 2.23. The number of carbonyl (C=O) groups excluding carboxylic acids is 1. The number of benzene rings is 1. The summed E-state index contributed by atoms with van der Waals surface area (Å²) in [5.41, 5.74) is 2.03. The molecule has 7 heteroatoms. The van der Waals surface area contributed by atoms with Crippen molar-refractivity contribution in [3.05, 3.63) is 33.0 Å². The SMILES string of the molecule is COc1ccc(-c2c(Br)[nH]c(C(=O)OC(C)C)c2Br)cc1OC. The molecule has 0 aliphatic heterocycles. The molecule has 1 aromatic carbocycles. The van der Waals surface area contributed by atoms with Crippen LogP contribution in [-0.2, 0) is 4.74 Å². The van der Waals surface area contributed by atoms with Gasteiger partial charge in [0.1, 0.15) is 5.69 Å². The summed E-state index contributed by atoms with van der Waals surface area (Å²) in [4.78, 5) is 15.2. The average Bonchev–Trinajstić information content (AvgIpc) is 2.81. The Balaban J connectivity index is 2.49. The number of hydrogen-bond acceptors (Lipinski definition) is 4. The number of rotatable bonds is 5. The lowest BCUT2D eigenvalue weighted by atomic mass is 10.1. The minimum Gasteiger partial charge on any atom is -0.493 e. The summed E-state index contributed by atoms with van der Waals surface area (Å²) in [5.74, 6) is 0.828. The number of nitrogens with one attached hydrogen (secondary N) is 1. The van der Waals surface area contributed by atoms with E-state index in [9.17, 15) is 4.79 Å². The van der Waals surface area contributed by atoms with Gasteiger partial charge in [-0.15, -0.1) is 0 Å². The third-order valence-corrected chi connectivity index (χ3v) is 4.50. The van der Waals surface area contributed by atoms with E-state index in [0.29, 0.717) is 26.3 Å². The van der Waals surface area contributed by atoms with Crippen molar-refractivity contribution in [2.75, 3.05) is 14.2 Å². The molecule has 1 heterocycles. The molecule has 0 bridgehead atoms. The molecule has 0 radical (unpaired) electrons. The van der Waals surface area contributed by atoms with Crippen LogP contribution in [0.2, 0.25) is 0 Å². The van der Waals surface area contributed by atoms with Gasteiger partial charge in [-0.05, 0) is 63.4 Å². The summed E-state index contributed by atoms with van der Waals surface area (Å²) in [5, 5.41) is 0. The van der Waals surface area contributed by atoms with Crippen molar-refractivity contribution in [2.45, 2.75) is 20.0 Å². The van der Waals surface area contributed by atoms with Gasteiger partial charge in [0, 0.05) is 5.56 Å². The van der Waals surface area contributed by atoms with Crippen LogP contribution in [0.3, 0.4) is 0 Å². The zero-order valence-electron chi connectivity index (χ0n) is 13.2. The van der Waals surface area contributed by atoms with Gasteiger partial charge in [-0.3, -0.25) is 0 Å². The molecule has 0 spiro atoms. The van der Waals surface area contributed by atoms with Crippen molar-refractivity contribution in [3.63, 3.8) is 0 Å². The minimum absolute atomic E-state index is 0.194. The number of aromatic amines is 1. The first-order chi connectivity index (χ1) is 10.9. The molecule has 0 saturated heterocycles. The molecule has 2 aromatic rings. The lowest BCUT2D eigenvalue weighted by Crippen LogP contribution is -2.12. The van der Waals surface area contributed by atoms with E-state index in [2.05, 4.69) is 36.8 Å². The highest BCUT2D eigenvalue weighted by molar-refractivity contribution is 9.11. The number of H-pyrrole nitrogens is 1. The van der Waals surface area contributed by atoms with Gasteiger partial charge in [-0.25, -0.2) is 4.79 Å². The maximum atomic E-state index is 12.1. The molecule has 0 atom stereocenters. The summed E-state index contributed by atoms with van der Waals surface area (Å²) in [7, 11) is 3.16. The second-order valence-corrected chi connectivity index (χ2v) is 6.61. The average molecular weight is 447 g/mol. The Hall–Kier alpha value is -1.47. The van der Waals surface area contributed by atoms with E-state index in [0.717, 1.165) is 11.1 Å². The number of ether oxygens (including phenoxy) is 3. The van der Waals surface area contributed by atoms with Gasteiger partial charge in [0.25, 0.3) is 0 Å². The standard InChI is InChI=1S/C16H17Br2NO4/c1-8(2)23-16(20)14-13(17)12(15(18)19-14)9-5-6-10(21-3)11(7-9)22-4/h5-8,19H,1-4H3. The van der Waals surface area contributed by atoms with Crippen molar-refractivity contribution < 1.29 is 19.0 Å². The number of carbonyl (C=O) groups is 1. The number of esters is 1. The van der Waals surface area contributed by atoms with Gasteiger partial charge in [0.15, 0.2) is 11.5 Å². The Bertz CT molecular complexity index is 725. The zero-order valence-corrected chi connectivity index (χ0v) is 16.4. The Morgan fingerprint density at radius 3 is 2.35 bits per heavy atom. The second-order valence-electron chi connectivity index (χ2n) is 5.03. The highest BCUT2D eigenvalue weighted by atomic mass is 79.9. The van der Waals surface area contributed by atoms with Gasteiger partial charge in [-0.2, -0.15) is 0 Å². The normalized spacial score (nSPS) is 10.7. The lowest BCUT2D eigenvalue weighted by molar-refractivity contribution is 0.0370. The Kier molecular flexibility index (Phi) is 5.75. The van der Waals surface area contributed by atoms with Crippen LogP contribution in [0.1, 0.15) is 24.3 Å². The van der Waals surface area contributed by atoms with Gasteiger partial charge in [0.2, 0.25) is 0 Å². The van der Waals surface area contributed by atoms with E-state index in [1.165, 1.54) is 0 Å². The quantitative estimate of drug-likeness (QED) is 0.670. The molecule has 23 heavy (non-hydrogen) atoms. The predicted octanol–water partition coefficient (Wildman–Crippen LogP) is 4.79. The van der Waals surface area contributed by atoms with Crippen LogP contribution < -0.4 is 9.47 Å². The molecule has 0 aliphatic carbocycles. The maximum absolute atomic E-state index is 12.1. The summed E-state index contributed by atoms with van der Waals surface area (Å²) >= 11 is 6.93. The monoisotopic (exact) mass is 445 g/mol. The fourth-order valence-corrected chi connectivity index (χ4v) is 3.69. The molecular weight excluding hydrogens is 430 g/mol. The number of aromatic nitrogens is 1. The summed E-state index contributed by atoms with van der Waals surface area (Å²) < 4.78 is 17.1. The van der Waals surface area contributed by atoms with Crippen molar-refractivity contribution in [1.29, 1.82) is 0 Å².